The van der Waals surface area contributed by atoms with E-state index in [0.717, 1.165) is 15.5 Å². The molecule has 0 saturated heterocycles. The minimum atomic E-state index is 1.08. The highest BCUT2D eigenvalue weighted by Crippen LogP contribution is 2.08. The van der Waals surface area contributed by atoms with E-state index in [2.05, 4.69) is 25.5 Å². The van der Waals surface area contributed by atoms with Crippen LogP contribution in [-0.4, -0.2) is 6.26 Å². The molecule has 1 aromatic rings. The molecule has 2 heteroatoms. The van der Waals surface area contributed by atoms with Crippen LogP contribution < -0.4 is 9.75 Å². The zero-order valence-corrected chi connectivity index (χ0v) is 7.65. The third-order valence-electron chi connectivity index (χ3n) is 1.23. The fourth-order valence-corrected chi connectivity index (χ4v) is 2.41. The average Bonchev–Trinajstić information content (AvgIpc) is 2.14. The molecular weight excluding hydrogens is 160 g/mol. The summed E-state index contributed by atoms with van der Waals surface area (Å²) in [6, 6.07) is 2.11. The molecule has 0 spiro atoms. The second kappa shape index (κ2) is 3.26. The van der Waals surface area contributed by atoms with Gasteiger partial charge in [0.05, 0.1) is 0 Å². The van der Waals surface area contributed by atoms with Crippen molar-refractivity contribution in [1.29, 1.82) is 0 Å². The highest BCUT2D eigenvalue weighted by molar-refractivity contribution is 7.97. The molecule has 0 fully saturated rings. The molecule has 0 aliphatic rings. The van der Waals surface area contributed by atoms with Gasteiger partial charge in [-0.3, -0.25) is 0 Å². The first kappa shape index (κ1) is 7.89. The van der Waals surface area contributed by atoms with Crippen LogP contribution in [0.1, 0.15) is 4.88 Å². The van der Waals surface area contributed by atoms with Crippen LogP contribution in [0.3, 0.4) is 0 Å². The van der Waals surface area contributed by atoms with Gasteiger partial charge in [-0.05, 0) is 17.5 Å². The van der Waals surface area contributed by atoms with E-state index < -0.39 is 0 Å². The van der Waals surface area contributed by atoms with Crippen molar-refractivity contribution in [1.82, 2.24) is 0 Å². The van der Waals surface area contributed by atoms with E-state index in [1.165, 1.54) is 4.88 Å². The topological polar surface area (TPSA) is 0 Å². The number of thioether (sulfide) groups is 1. The molecule has 0 aromatic carbocycles. The monoisotopic (exact) mass is 170 g/mol. The molecule has 0 N–H and O–H groups in total. The van der Waals surface area contributed by atoms with Gasteiger partial charge in [-0.1, -0.05) is 13.2 Å². The summed E-state index contributed by atoms with van der Waals surface area (Å²) in [7, 11) is 0. The summed E-state index contributed by atoms with van der Waals surface area (Å²) < 4.78 is 1.10. The lowest BCUT2D eigenvalue weighted by molar-refractivity contribution is 1.54. The molecule has 1 rings (SSSR count). The minimum absolute atomic E-state index is 1.08. The highest BCUT2D eigenvalue weighted by atomic mass is 32.2. The molecule has 0 atom stereocenters. The van der Waals surface area contributed by atoms with Gasteiger partial charge in [-0.25, -0.2) is 0 Å². The highest BCUT2D eigenvalue weighted by Gasteiger charge is 1.92. The van der Waals surface area contributed by atoms with Crippen molar-refractivity contribution in [3.8, 4) is 0 Å². The molecular formula is C8H10S2. The van der Waals surface area contributed by atoms with Crippen LogP contribution >= 0.6 is 23.1 Å². The Kier molecular flexibility index (Phi) is 2.57. The summed E-state index contributed by atoms with van der Waals surface area (Å²) in [5.74, 6) is 1.09. The largest absolute Gasteiger partial charge is 0.160 e. The zero-order chi connectivity index (χ0) is 7.56. The van der Waals surface area contributed by atoms with Crippen LogP contribution in [0.4, 0.5) is 0 Å². The van der Waals surface area contributed by atoms with Gasteiger partial charge in [0.2, 0.25) is 0 Å². The van der Waals surface area contributed by atoms with E-state index in [4.69, 9.17) is 0 Å². The maximum absolute atomic E-state index is 3.87. The van der Waals surface area contributed by atoms with Gasteiger partial charge in [0.25, 0.3) is 0 Å². The van der Waals surface area contributed by atoms with Crippen molar-refractivity contribution < 1.29 is 0 Å². The van der Waals surface area contributed by atoms with Gasteiger partial charge in [-0.2, -0.15) is 11.8 Å². The third-order valence-corrected chi connectivity index (χ3v) is 3.05. The van der Waals surface area contributed by atoms with Crippen LogP contribution in [0.2, 0.25) is 0 Å². The van der Waals surface area contributed by atoms with Crippen LogP contribution in [-0.2, 0) is 5.75 Å². The Morgan fingerprint density at radius 2 is 2.30 bits per heavy atom. The van der Waals surface area contributed by atoms with E-state index >= 15 is 0 Å². The molecule has 0 aliphatic carbocycles. The van der Waals surface area contributed by atoms with E-state index in [-0.39, 0.29) is 0 Å². The van der Waals surface area contributed by atoms with Crippen LogP contribution in [0.15, 0.2) is 6.07 Å². The van der Waals surface area contributed by atoms with E-state index in [1.807, 2.05) is 11.8 Å². The van der Waals surface area contributed by atoms with Crippen molar-refractivity contribution in [3.05, 3.63) is 20.7 Å². The molecule has 1 heterocycles. The summed E-state index contributed by atoms with van der Waals surface area (Å²) in [5, 5.41) is 1.08. The Morgan fingerprint density at radius 1 is 1.60 bits per heavy atom. The van der Waals surface area contributed by atoms with Gasteiger partial charge < -0.3 is 0 Å². The Balaban J connectivity index is 2.99. The summed E-state index contributed by atoms with van der Waals surface area (Å²) in [6.07, 6.45) is 2.10. The minimum Gasteiger partial charge on any atom is -0.160 e. The first-order chi connectivity index (χ1) is 4.74. The van der Waals surface area contributed by atoms with Crippen molar-refractivity contribution in [2.45, 2.75) is 5.75 Å². The quantitative estimate of drug-likeness (QED) is 0.647. The van der Waals surface area contributed by atoms with Crippen LogP contribution in [0.5, 0.6) is 0 Å². The van der Waals surface area contributed by atoms with E-state index in [0.29, 0.717) is 0 Å². The average molecular weight is 170 g/mol. The standard InChI is InChI=1S/C8H10S2/c1-6-4-8(5-9-3)10-7(6)2/h4H,1-2,5H2,3H3. The molecule has 10 heavy (non-hydrogen) atoms. The SMILES string of the molecule is C=c1cc(CSC)sc1=C. The van der Waals surface area contributed by atoms with E-state index in [9.17, 15) is 0 Å². The van der Waals surface area contributed by atoms with Crippen LogP contribution in [0.25, 0.3) is 13.2 Å². The summed E-state index contributed by atoms with van der Waals surface area (Å²) in [6.45, 7) is 7.73. The maximum atomic E-state index is 3.87. The lowest BCUT2D eigenvalue weighted by Gasteiger charge is -1.86. The third kappa shape index (κ3) is 1.64. The normalized spacial score (nSPS) is 10.1. The summed E-state index contributed by atoms with van der Waals surface area (Å²) in [5.41, 5.74) is 0. The Labute approximate surface area is 69.3 Å². The Morgan fingerprint density at radius 3 is 2.70 bits per heavy atom. The fourth-order valence-electron chi connectivity index (χ4n) is 0.741. The summed E-state index contributed by atoms with van der Waals surface area (Å²) in [4.78, 5) is 1.38. The van der Waals surface area contributed by atoms with Crippen molar-refractivity contribution in [3.63, 3.8) is 0 Å². The predicted octanol–water partition coefficient (Wildman–Crippen LogP) is 1.43. The van der Waals surface area contributed by atoms with Gasteiger partial charge in [0.1, 0.15) is 0 Å². The first-order valence-corrected chi connectivity index (χ1v) is 5.20. The molecule has 0 unspecified atom stereocenters. The molecule has 1 aromatic heterocycles. The molecule has 0 amide bonds. The second-order valence-electron chi connectivity index (χ2n) is 2.09. The Hall–Kier alpha value is -0.210. The van der Waals surface area contributed by atoms with Crippen LogP contribution in [0, 0.1) is 0 Å². The number of thiophene rings is 1. The predicted molar refractivity (Wildman–Crippen MR) is 51.8 cm³/mol. The van der Waals surface area contributed by atoms with Crippen molar-refractivity contribution in [2.24, 2.45) is 0 Å². The first-order valence-electron chi connectivity index (χ1n) is 2.99. The molecule has 0 bridgehead atoms. The molecule has 0 radical (unpaired) electrons. The fraction of sp³-hybridized carbons (Fsp3) is 0.250. The number of hydrogen-bond acceptors (Lipinski definition) is 2. The van der Waals surface area contributed by atoms with Gasteiger partial charge in [0.15, 0.2) is 0 Å². The Bertz CT molecular complexity index is 270. The maximum Gasteiger partial charge on any atom is 0.0276 e. The lowest BCUT2D eigenvalue weighted by atomic mass is 10.4. The molecule has 0 nitrogen and oxygen atoms in total. The van der Waals surface area contributed by atoms with Gasteiger partial charge in [0, 0.05) is 15.2 Å². The smallest absolute Gasteiger partial charge is 0.0276 e. The van der Waals surface area contributed by atoms with Gasteiger partial charge >= 0.3 is 0 Å². The summed E-state index contributed by atoms with van der Waals surface area (Å²) >= 11 is 3.58. The molecule has 54 valence electrons. The zero-order valence-electron chi connectivity index (χ0n) is 6.02. The van der Waals surface area contributed by atoms with E-state index in [1.54, 1.807) is 11.3 Å². The lowest BCUT2D eigenvalue weighted by Crippen LogP contribution is -2.11. The van der Waals surface area contributed by atoms with Gasteiger partial charge in [-0.15, -0.1) is 11.3 Å². The molecule has 0 saturated carbocycles. The molecule has 0 aliphatic heterocycles. The van der Waals surface area contributed by atoms with Crippen molar-refractivity contribution in [2.75, 3.05) is 6.26 Å². The number of hydrogen-bond donors (Lipinski definition) is 0. The number of rotatable bonds is 2. The second-order valence-corrected chi connectivity index (χ2v) is 4.18. The van der Waals surface area contributed by atoms with Crippen molar-refractivity contribution >= 4 is 36.3 Å².